The van der Waals surface area contributed by atoms with Crippen LogP contribution in [0.15, 0.2) is 66.7 Å². The van der Waals surface area contributed by atoms with Gasteiger partial charge in [0.1, 0.15) is 29.8 Å². The van der Waals surface area contributed by atoms with Gasteiger partial charge >= 0.3 is 12.1 Å². The van der Waals surface area contributed by atoms with Gasteiger partial charge in [0.25, 0.3) is 0 Å². The van der Waals surface area contributed by atoms with Crippen LogP contribution >= 0.6 is 0 Å². The summed E-state index contributed by atoms with van der Waals surface area (Å²) in [4.78, 5) is 30.8. The first-order valence-electron chi connectivity index (χ1n) is 13.4. The van der Waals surface area contributed by atoms with E-state index >= 15 is 0 Å². The minimum atomic E-state index is -0.925. The SMILES string of the molecule is COc1ccc(-n2c(CC[C@H](NC(=O)OC(C)(C)C)C(=O)OCc3ccccc3)nc3cc(C)c(C)cc32)cc1. The Morgan fingerprint density at radius 3 is 2.30 bits per heavy atom. The largest absolute Gasteiger partial charge is 0.497 e. The number of esters is 1. The van der Waals surface area contributed by atoms with Crippen molar-refractivity contribution in [3.05, 3.63) is 89.2 Å². The number of nitrogens with zero attached hydrogens (tertiary/aromatic N) is 2. The fourth-order valence-corrected chi connectivity index (χ4v) is 4.37. The Balaban J connectivity index is 1.62. The molecule has 0 aliphatic carbocycles. The molecule has 1 atom stereocenters. The molecule has 0 aliphatic rings. The number of rotatable bonds is 9. The van der Waals surface area contributed by atoms with Gasteiger partial charge in [-0.2, -0.15) is 0 Å². The maximum atomic E-state index is 13.2. The Morgan fingerprint density at radius 1 is 0.975 bits per heavy atom. The lowest BCUT2D eigenvalue weighted by atomic mass is 10.1. The highest BCUT2D eigenvalue weighted by molar-refractivity contribution is 5.82. The molecular weight excluding hydrogens is 506 g/mol. The van der Waals surface area contributed by atoms with Crippen LogP contribution in [0.3, 0.4) is 0 Å². The zero-order chi connectivity index (χ0) is 28.9. The smallest absolute Gasteiger partial charge is 0.408 e. The van der Waals surface area contributed by atoms with Gasteiger partial charge in [0.2, 0.25) is 0 Å². The molecule has 0 fully saturated rings. The van der Waals surface area contributed by atoms with E-state index in [4.69, 9.17) is 19.2 Å². The molecule has 8 heteroatoms. The quantitative estimate of drug-likeness (QED) is 0.252. The summed E-state index contributed by atoms with van der Waals surface area (Å²) in [5.41, 5.74) is 5.20. The molecule has 4 aromatic rings. The number of methoxy groups -OCH3 is 1. The summed E-state index contributed by atoms with van der Waals surface area (Å²) >= 11 is 0. The zero-order valence-electron chi connectivity index (χ0n) is 24.0. The van der Waals surface area contributed by atoms with Crippen molar-refractivity contribution in [1.82, 2.24) is 14.9 Å². The second kappa shape index (κ2) is 12.2. The van der Waals surface area contributed by atoms with Crippen molar-refractivity contribution in [3.8, 4) is 11.4 Å². The predicted octanol–water partition coefficient (Wildman–Crippen LogP) is 6.22. The summed E-state index contributed by atoms with van der Waals surface area (Å²) in [5, 5.41) is 2.72. The molecule has 210 valence electrons. The maximum absolute atomic E-state index is 13.2. The van der Waals surface area contributed by atoms with Crippen molar-refractivity contribution in [1.29, 1.82) is 0 Å². The van der Waals surface area contributed by atoms with E-state index in [1.54, 1.807) is 27.9 Å². The molecule has 0 spiro atoms. The molecule has 1 aromatic heterocycles. The first-order chi connectivity index (χ1) is 19.0. The second-order valence-electron chi connectivity index (χ2n) is 10.8. The van der Waals surface area contributed by atoms with E-state index < -0.39 is 23.7 Å². The molecule has 4 rings (SSSR count). The first-order valence-corrected chi connectivity index (χ1v) is 13.4. The number of carbonyl (C=O) groups is 2. The monoisotopic (exact) mass is 543 g/mol. The highest BCUT2D eigenvalue weighted by Crippen LogP contribution is 2.27. The van der Waals surface area contributed by atoms with Gasteiger partial charge in [0.15, 0.2) is 0 Å². The Kier molecular flexibility index (Phi) is 8.77. The maximum Gasteiger partial charge on any atom is 0.408 e. The third-order valence-corrected chi connectivity index (χ3v) is 6.53. The summed E-state index contributed by atoms with van der Waals surface area (Å²) in [6, 6.07) is 20.4. The summed E-state index contributed by atoms with van der Waals surface area (Å²) in [7, 11) is 1.63. The van der Waals surface area contributed by atoms with Gasteiger partial charge < -0.3 is 19.5 Å². The number of hydrogen-bond donors (Lipinski definition) is 1. The van der Waals surface area contributed by atoms with Crippen LogP contribution in [0.25, 0.3) is 16.7 Å². The minimum Gasteiger partial charge on any atom is -0.497 e. The summed E-state index contributed by atoms with van der Waals surface area (Å²) in [6.07, 6.45) is -0.00614. The lowest BCUT2D eigenvalue weighted by molar-refractivity contribution is -0.147. The van der Waals surface area contributed by atoms with Crippen LogP contribution in [0.5, 0.6) is 5.75 Å². The van der Waals surface area contributed by atoms with Gasteiger partial charge in [-0.3, -0.25) is 4.57 Å². The van der Waals surface area contributed by atoms with Crippen molar-refractivity contribution >= 4 is 23.1 Å². The van der Waals surface area contributed by atoms with Gasteiger partial charge in [-0.05, 0) is 94.1 Å². The minimum absolute atomic E-state index is 0.106. The number of benzene rings is 3. The molecule has 40 heavy (non-hydrogen) atoms. The fraction of sp³-hybridized carbons (Fsp3) is 0.344. The van der Waals surface area contributed by atoms with Crippen molar-refractivity contribution < 1.29 is 23.8 Å². The van der Waals surface area contributed by atoms with Crippen molar-refractivity contribution in [3.63, 3.8) is 0 Å². The molecule has 8 nitrogen and oxygen atoms in total. The number of ether oxygens (including phenoxy) is 3. The average molecular weight is 544 g/mol. The van der Waals surface area contributed by atoms with Crippen LogP contribution in [0.2, 0.25) is 0 Å². The summed E-state index contributed by atoms with van der Waals surface area (Å²) in [6.45, 7) is 9.56. The standard InChI is InChI=1S/C32H37N3O5/c1-21-18-27-28(19-22(21)2)35(24-12-14-25(38-6)15-13-24)29(33-27)17-16-26(34-31(37)40-32(3,4)5)30(36)39-20-23-10-8-7-9-11-23/h7-15,18-19,26H,16-17,20H2,1-6H3,(H,34,37)/t26-/m0/s1. The van der Waals surface area contributed by atoms with Gasteiger partial charge in [-0.25, -0.2) is 14.6 Å². The van der Waals surface area contributed by atoms with E-state index in [1.165, 1.54) is 0 Å². The Morgan fingerprint density at radius 2 is 1.65 bits per heavy atom. The lowest BCUT2D eigenvalue weighted by Crippen LogP contribution is -2.44. The zero-order valence-corrected chi connectivity index (χ0v) is 24.0. The molecule has 0 bridgehead atoms. The number of alkyl carbamates (subject to hydrolysis) is 1. The number of aromatic nitrogens is 2. The van der Waals surface area contributed by atoms with Gasteiger partial charge in [0, 0.05) is 12.1 Å². The van der Waals surface area contributed by atoms with Crippen LogP contribution in [-0.4, -0.2) is 40.4 Å². The van der Waals surface area contributed by atoms with Crippen molar-refractivity contribution in [2.75, 3.05) is 7.11 Å². The molecular formula is C32H37N3O5. The lowest BCUT2D eigenvalue weighted by Gasteiger charge is -2.23. The summed E-state index contributed by atoms with van der Waals surface area (Å²) in [5.74, 6) is 0.982. The van der Waals surface area contributed by atoms with E-state index in [0.29, 0.717) is 6.42 Å². The number of nitrogens with one attached hydrogen (secondary N) is 1. The highest BCUT2D eigenvalue weighted by atomic mass is 16.6. The van der Waals surface area contributed by atoms with Crippen LogP contribution in [-0.2, 0) is 27.3 Å². The van der Waals surface area contributed by atoms with Crippen molar-refractivity contribution in [2.45, 2.75) is 65.7 Å². The Bertz CT molecular complexity index is 1470. The number of imidazole rings is 1. The molecule has 0 saturated carbocycles. The topological polar surface area (TPSA) is 91.7 Å². The van der Waals surface area contributed by atoms with E-state index in [9.17, 15) is 9.59 Å². The third-order valence-electron chi connectivity index (χ3n) is 6.53. The number of fused-ring (bicyclic) bond motifs is 1. The molecule has 0 radical (unpaired) electrons. The van der Waals surface area contributed by atoms with E-state index in [0.717, 1.165) is 45.0 Å². The fourth-order valence-electron chi connectivity index (χ4n) is 4.37. The number of carbonyl (C=O) groups excluding carboxylic acids is 2. The first kappa shape index (κ1) is 28.7. The van der Waals surface area contributed by atoms with E-state index in [-0.39, 0.29) is 13.0 Å². The number of amides is 1. The molecule has 1 heterocycles. The van der Waals surface area contributed by atoms with Crippen LogP contribution < -0.4 is 10.1 Å². The Hall–Kier alpha value is -4.33. The van der Waals surface area contributed by atoms with Crippen LogP contribution in [0.4, 0.5) is 4.79 Å². The van der Waals surface area contributed by atoms with Gasteiger partial charge in [-0.15, -0.1) is 0 Å². The Labute approximate surface area is 235 Å². The predicted molar refractivity (Wildman–Crippen MR) is 155 cm³/mol. The normalized spacial score (nSPS) is 12.2. The second-order valence-corrected chi connectivity index (χ2v) is 10.8. The molecule has 1 N–H and O–H groups in total. The van der Waals surface area contributed by atoms with E-state index in [2.05, 4.69) is 35.9 Å². The van der Waals surface area contributed by atoms with Gasteiger partial charge in [-0.1, -0.05) is 30.3 Å². The average Bonchev–Trinajstić information content (AvgIpc) is 3.26. The summed E-state index contributed by atoms with van der Waals surface area (Å²) < 4.78 is 18.4. The third kappa shape index (κ3) is 7.20. The van der Waals surface area contributed by atoms with Crippen LogP contribution in [0, 0.1) is 13.8 Å². The highest BCUT2D eigenvalue weighted by Gasteiger charge is 2.27. The van der Waals surface area contributed by atoms with E-state index in [1.807, 2.05) is 54.6 Å². The molecule has 3 aromatic carbocycles. The van der Waals surface area contributed by atoms with Crippen LogP contribution in [0.1, 0.15) is 49.7 Å². The molecule has 1 amide bonds. The molecule has 0 saturated heterocycles. The van der Waals surface area contributed by atoms with Gasteiger partial charge in [0.05, 0.1) is 18.1 Å². The molecule has 0 aliphatic heterocycles. The number of aryl methyl sites for hydroxylation is 3. The number of hydrogen-bond acceptors (Lipinski definition) is 6. The van der Waals surface area contributed by atoms with Crippen molar-refractivity contribution in [2.24, 2.45) is 0 Å². The molecule has 0 unspecified atom stereocenters.